The summed E-state index contributed by atoms with van der Waals surface area (Å²) in [7, 11) is 1.68. The molecular formula is C19H21N5O2. The first kappa shape index (κ1) is 17.6. The van der Waals surface area contributed by atoms with Crippen LogP contribution in [0.25, 0.3) is 11.4 Å². The van der Waals surface area contributed by atoms with Crippen LogP contribution in [0.5, 0.6) is 0 Å². The van der Waals surface area contributed by atoms with E-state index in [1.165, 1.54) is 11.1 Å². The minimum Gasteiger partial charge on any atom is -0.341 e. The molecule has 0 aliphatic carbocycles. The molecular weight excluding hydrogens is 330 g/mol. The van der Waals surface area contributed by atoms with Crippen LogP contribution in [-0.4, -0.2) is 44.1 Å². The van der Waals surface area contributed by atoms with E-state index < -0.39 is 5.56 Å². The number of benzene rings is 1. The largest absolute Gasteiger partial charge is 0.341 e. The maximum absolute atomic E-state index is 12.5. The molecule has 26 heavy (non-hydrogen) atoms. The molecule has 134 valence electrons. The molecule has 7 nitrogen and oxygen atoms in total. The molecule has 1 amide bonds. The minimum absolute atomic E-state index is 0.0439. The maximum atomic E-state index is 12.5. The number of hydrogen-bond acceptors (Lipinski definition) is 4. The molecule has 3 aromatic rings. The molecule has 3 rings (SSSR count). The molecule has 0 saturated carbocycles. The van der Waals surface area contributed by atoms with Gasteiger partial charge in [0.05, 0.1) is 0 Å². The Morgan fingerprint density at radius 3 is 2.69 bits per heavy atom. The van der Waals surface area contributed by atoms with Crippen molar-refractivity contribution in [3.8, 4) is 11.4 Å². The topological polar surface area (TPSA) is 83.9 Å². The lowest BCUT2D eigenvalue weighted by Gasteiger charge is -2.16. The van der Waals surface area contributed by atoms with Gasteiger partial charge in [0.2, 0.25) is 0 Å². The Hall–Kier alpha value is -3.22. The summed E-state index contributed by atoms with van der Waals surface area (Å²) in [5, 5.41) is 4.12. The molecule has 0 aliphatic heterocycles. The number of H-pyrrole nitrogens is 1. The number of hydrogen-bond donors (Lipinski definition) is 1. The maximum Gasteiger partial charge on any atom is 0.264 e. The molecule has 0 aliphatic rings. The highest BCUT2D eigenvalue weighted by molar-refractivity contribution is 5.93. The number of rotatable bonds is 6. The van der Waals surface area contributed by atoms with Crippen molar-refractivity contribution in [1.29, 1.82) is 0 Å². The number of carbonyl (C=O) groups is 1. The fraction of sp³-hybridized carbons (Fsp3) is 0.263. The highest BCUT2D eigenvalue weighted by Gasteiger charge is 2.16. The van der Waals surface area contributed by atoms with E-state index in [9.17, 15) is 9.59 Å². The summed E-state index contributed by atoms with van der Waals surface area (Å²) < 4.78 is 1.81. The van der Waals surface area contributed by atoms with E-state index in [1.807, 2.05) is 48.1 Å². The minimum atomic E-state index is -0.431. The van der Waals surface area contributed by atoms with Gasteiger partial charge in [-0.05, 0) is 19.4 Å². The fourth-order valence-corrected chi connectivity index (χ4v) is 2.62. The smallest absolute Gasteiger partial charge is 0.264 e. The summed E-state index contributed by atoms with van der Waals surface area (Å²) >= 11 is 0. The first-order valence-electron chi connectivity index (χ1n) is 8.44. The first-order valence-corrected chi connectivity index (χ1v) is 8.44. The molecule has 0 saturated heterocycles. The Morgan fingerprint density at radius 2 is 2.04 bits per heavy atom. The number of aromatic amines is 1. The van der Waals surface area contributed by atoms with Gasteiger partial charge < -0.3 is 9.88 Å². The van der Waals surface area contributed by atoms with Gasteiger partial charge >= 0.3 is 0 Å². The van der Waals surface area contributed by atoms with E-state index in [0.717, 1.165) is 17.5 Å². The van der Waals surface area contributed by atoms with Crippen molar-refractivity contribution in [2.75, 3.05) is 13.6 Å². The van der Waals surface area contributed by atoms with Crippen LogP contribution < -0.4 is 5.56 Å². The Balaban J connectivity index is 1.67. The third kappa shape index (κ3) is 4.05. The van der Waals surface area contributed by atoms with Gasteiger partial charge in [-0.25, -0.2) is 4.98 Å². The van der Waals surface area contributed by atoms with Gasteiger partial charge in [-0.2, -0.15) is 5.10 Å². The second-order valence-corrected chi connectivity index (χ2v) is 6.19. The molecule has 0 fully saturated rings. The normalized spacial score (nSPS) is 10.7. The van der Waals surface area contributed by atoms with Gasteiger partial charge in [0.1, 0.15) is 11.4 Å². The quantitative estimate of drug-likeness (QED) is 0.737. The van der Waals surface area contributed by atoms with Crippen LogP contribution in [0.3, 0.4) is 0 Å². The lowest BCUT2D eigenvalue weighted by atomic mass is 10.1. The van der Waals surface area contributed by atoms with E-state index in [-0.39, 0.29) is 11.5 Å². The van der Waals surface area contributed by atoms with Crippen molar-refractivity contribution in [3.05, 3.63) is 70.4 Å². The molecule has 2 aromatic heterocycles. The molecule has 7 heteroatoms. The third-order valence-electron chi connectivity index (χ3n) is 4.14. The zero-order valence-electron chi connectivity index (χ0n) is 14.8. The zero-order chi connectivity index (χ0) is 18.5. The van der Waals surface area contributed by atoms with Gasteiger partial charge in [-0.3, -0.25) is 14.3 Å². The van der Waals surface area contributed by atoms with Crippen molar-refractivity contribution in [2.24, 2.45) is 0 Å². The zero-order valence-corrected chi connectivity index (χ0v) is 14.8. The molecule has 0 radical (unpaired) electrons. The predicted octanol–water partition coefficient (Wildman–Crippen LogP) is 2.10. The summed E-state index contributed by atoms with van der Waals surface area (Å²) in [6.07, 6.45) is 5.69. The van der Waals surface area contributed by atoms with Crippen molar-refractivity contribution in [3.63, 3.8) is 0 Å². The third-order valence-corrected chi connectivity index (χ3v) is 4.14. The number of amides is 1. The monoisotopic (exact) mass is 351 g/mol. The molecule has 0 atom stereocenters. The summed E-state index contributed by atoms with van der Waals surface area (Å²) in [6, 6.07) is 9.52. The summed E-state index contributed by atoms with van der Waals surface area (Å²) in [5.41, 5.74) is 1.54. The van der Waals surface area contributed by atoms with Gasteiger partial charge in [-0.1, -0.05) is 29.8 Å². The molecule has 2 heterocycles. The highest BCUT2D eigenvalue weighted by atomic mass is 16.2. The van der Waals surface area contributed by atoms with Crippen molar-refractivity contribution >= 4 is 5.91 Å². The van der Waals surface area contributed by atoms with Crippen LogP contribution in [0.1, 0.15) is 22.3 Å². The van der Waals surface area contributed by atoms with Crippen molar-refractivity contribution in [2.45, 2.75) is 19.9 Å². The number of aromatic nitrogens is 4. The van der Waals surface area contributed by atoms with E-state index >= 15 is 0 Å². The van der Waals surface area contributed by atoms with Gasteiger partial charge in [0.25, 0.3) is 11.5 Å². The number of carbonyl (C=O) groups excluding carboxylic acids is 1. The van der Waals surface area contributed by atoms with Crippen LogP contribution in [0, 0.1) is 6.92 Å². The number of nitrogens with zero attached hydrogens (tertiary/aromatic N) is 4. The fourth-order valence-electron chi connectivity index (χ4n) is 2.62. The number of aryl methyl sites for hydroxylation is 2. The lowest BCUT2D eigenvalue weighted by molar-refractivity contribution is 0.0789. The second-order valence-electron chi connectivity index (χ2n) is 6.19. The second kappa shape index (κ2) is 7.77. The Labute approximate surface area is 151 Å². The molecule has 0 spiro atoms. The summed E-state index contributed by atoms with van der Waals surface area (Å²) in [4.78, 5) is 33.3. The summed E-state index contributed by atoms with van der Waals surface area (Å²) in [5.74, 6) is 0.113. The predicted molar refractivity (Wildman–Crippen MR) is 98.8 cm³/mol. The Morgan fingerprint density at radius 1 is 1.27 bits per heavy atom. The molecule has 0 bridgehead atoms. The number of nitrogens with one attached hydrogen (secondary N) is 1. The standard InChI is InChI=1S/C19H21N5O2/c1-14-5-7-15(8-6-14)17-20-13-16(18(25)22-17)19(26)23(2)10-4-12-24-11-3-9-21-24/h3,5-9,11,13H,4,10,12H2,1-2H3,(H,20,22,25). The highest BCUT2D eigenvalue weighted by Crippen LogP contribution is 2.14. The van der Waals surface area contributed by atoms with Gasteiger partial charge in [0, 0.05) is 44.3 Å². The SMILES string of the molecule is Cc1ccc(-c2ncc(C(=O)N(C)CCCn3cccn3)c(=O)[nH]2)cc1. The summed E-state index contributed by atoms with van der Waals surface area (Å²) in [6.45, 7) is 3.23. The lowest BCUT2D eigenvalue weighted by Crippen LogP contribution is -2.33. The van der Waals surface area contributed by atoms with Crippen LogP contribution >= 0.6 is 0 Å². The molecule has 1 aromatic carbocycles. The molecule has 0 unspecified atom stereocenters. The first-order chi connectivity index (χ1) is 12.5. The average Bonchev–Trinajstić information content (AvgIpc) is 3.15. The van der Waals surface area contributed by atoms with E-state index in [2.05, 4.69) is 15.1 Å². The van der Waals surface area contributed by atoms with Crippen LogP contribution in [0.15, 0.2) is 53.7 Å². The van der Waals surface area contributed by atoms with Crippen molar-refractivity contribution in [1.82, 2.24) is 24.6 Å². The van der Waals surface area contributed by atoms with Crippen LogP contribution in [-0.2, 0) is 6.54 Å². The molecule has 1 N–H and O–H groups in total. The van der Waals surface area contributed by atoms with Gasteiger partial charge in [-0.15, -0.1) is 0 Å². The van der Waals surface area contributed by atoms with Crippen molar-refractivity contribution < 1.29 is 4.79 Å². The van der Waals surface area contributed by atoms with E-state index in [1.54, 1.807) is 13.2 Å². The van der Waals surface area contributed by atoms with Gasteiger partial charge in [0.15, 0.2) is 0 Å². The van der Waals surface area contributed by atoms with E-state index in [4.69, 9.17) is 0 Å². The van der Waals surface area contributed by atoms with Crippen LogP contribution in [0.2, 0.25) is 0 Å². The Bertz CT molecular complexity index is 929. The van der Waals surface area contributed by atoms with Crippen LogP contribution in [0.4, 0.5) is 0 Å². The Kier molecular flexibility index (Phi) is 5.26. The average molecular weight is 351 g/mol. The van der Waals surface area contributed by atoms with E-state index in [0.29, 0.717) is 18.9 Å².